The number of carbonyl (C=O) groups excluding carboxylic acids is 2. The van der Waals surface area contributed by atoms with Gasteiger partial charge in [-0.2, -0.15) is 0 Å². The van der Waals surface area contributed by atoms with E-state index in [1.807, 2.05) is 17.5 Å². The molecular formula is C19H20N2O5S. The number of hydrogen-bond donors (Lipinski definition) is 1. The van der Waals surface area contributed by atoms with Crippen molar-refractivity contribution < 1.29 is 23.8 Å². The van der Waals surface area contributed by atoms with Gasteiger partial charge in [-0.05, 0) is 29.6 Å². The number of benzene rings is 1. The van der Waals surface area contributed by atoms with Gasteiger partial charge in [-0.1, -0.05) is 0 Å². The summed E-state index contributed by atoms with van der Waals surface area (Å²) < 4.78 is 17.0. The van der Waals surface area contributed by atoms with Gasteiger partial charge in [0.1, 0.15) is 28.6 Å². The Kier molecular flexibility index (Phi) is 5.66. The number of rotatable bonds is 7. The third kappa shape index (κ3) is 3.90. The molecule has 1 N–H and O–H groups in total. The number of amides is 1. The van der Waals surface area contributed by atoms with E-state index in [0.29, 0.717) is 23.7 Å². The van der Waals surface area contributed by atoms with Crippen molar-refractivity contribution in [3.8, 4) is 11.5 Å². The molecule has 1 amide bonds. The van der Waals surface area contributed by atoms with Gasteiger partial charge in [-0.25, -0.2) is 4.79 Å². The Morgan fingerprint density at radius 2 is 1.93 bits per heavy atom. The van der Waals surface area contributed by atoms with Crippen molar-refractivity contribution in [1.82, 2.24) is 9.88 Å². The highest BCUT2D eigenvalue weighted by Gasteiger charge is 2.19. The Hall–Kier alpha value is -3.00. The van der Waals surface area contributed by atoms with Crippen LogP contribution in [0.3, 0.4) is 0 Å². The van der Waals surface area contributed by atoms with Crippen LogP contribution in [0.4, 0.5) is 0 Å². The highest BCUT2D eigenvalue weighted by molar-refractivity contribution is 7.16. The van der Waals surface area contributed by atoms with Gasteiger partial charge in [0.25, 0.3) is 0 Å². The number of aromatic nitrogens is 1. The lowest BCUT2D eigenvalue weighted by molar-refractivity contribution is -0.121. The Labute approximate surface area is 160 Å². The topological polar surface area (TPSA) is 78.8 Å². The van der Waals surface area contributed by atoms with E-state index in [2.05, 4.69) is 5.32 Å². The average molecular weight is 388 g/mol. The van der Waals surface area contributed by atoms with E-state index in [-0.39, 0.29) is 12.5 Å². The highest BCUT2D eigenvalue weighted by atomic mass is 32.1. The first-order valence-electron chi connectivity index (χ1n) is 8.20. The number of fused-ring (bicyclic) bond motifs is 1. The first kappa shape index (κ1) is 18.8. The lowest BCUT2D eigenvalue weighted by Gasteiger charge is -2.12. The van der Waals surface area contributed by atoms with Crippen LogP contribution in [0.15, 0.2) is 35.7 Å². The second-order valence-electron chi connectivity index (χ2n) is 5.74. The van der Waals surface area contributed by atoms with E-state index >= 15 is 0 Å². The van der Waals surface area contributed by atoms with Crippen molar-refractivity contribution in [3.63, 3.8) is 0 Å². The molecular weight excluding hydrogens is 368 g/mol. The van der Waals surface area contributed by atoms with Crippen LogP contribution in [0, 0.1) is 0 Å². The number of nitrogens with one attached hydrogen (secondary N) is 1. The Balaban J connectivity index is 1.74. The molecule has 0 radical (unpaired) electrons. The molecule has 3 aromatic rings. The monoisotopic (exact) mass is 388 g/mol. The maximum absolute atomic E-state index is 12.5. The molecule has 0 fully saturated rings. The number of hydrogen-bond acceptors (Lipinski definition) is 6. The van der Waals surface area contributed by atoms with Crippen LogP contribution in [0.5, 0.6) is 11.5 Å². The third-order valence-corrected chi connectivity index (χ3v) is 5.12. The summed E-state index contributed by atoms with van der Waals surface area (Å²) >= 11 is 1.47. The first-order chi connectivity index (χ1) is 13.1. The van der Waals surface area contributed by atoms with E-state index < -0.39 is 5.97 Å². The molecule has 0 aliphatic heterocycles. The number of thiophene rings is 1. The zero-order valence-corrected chi connectivity index (χ0v) is 16.1. The van der Waals surface area contributed by atoms with Crippen molar-refractivity contribution >= 4 is 33.4 Å². The molecule has 0 aliphatic carbocycles. The zero-order valence-electron chi connectivity index (χ0n) is 15.3. The summed E-state index contributed by atoms with van der Waals surface area (Å²) in [5.74, 6) is 0.621. The number of methoxy groups -OCH3 is 3. The molecule has 142 valence electrons. The summed E-state index contributed by atoms with van der Waals surface area (Å²) in [4.78, 5) is 25.4. The smallest absolute Gasteiger partial charge is 0.354 e. The van der Waals surface area contributed by atoms with Crippen LogP contribution in [0.1, 0.15) is 16.1 Å². The van der Waals surface area contributed by atoms with Crippen molar-refractivity contribution in [3.05, 3.63) is 47.0 Å². The number of ether oxygens (including phenoxy) is 3. The molecule has 3 rings (SSSR count). The predicted octanol–water partition coefficient (Wildman–Crippen LogP) is 2.82. The standard InChI is InChI=1S/C19H20N2O5S/c1-24-14-5-4-13(16(9-14)25-2)10-20-17(22)11-21-15(19(23)26-3)8-12-6-7-27-18(12)21/h4-9H,10-11H2,1-3H3,(H,20,22). The second-order valence-corrected chi connectivity index (χ2v) is 6.64. The van der Waals surface area contributed by atoms with Crippen molar-refractivity contribution in [1.29, 1.82) is 0 Å². The fourth-order valence-electron chi connectivity index (χ4n) is 2.80. The lowest BCUT2D eigenvalue weighted by Crippen LogP contribution is -2.28. The summed E-state index contributed by atoms with van der Waals surface area (Å²) in [6.45, 7) is 0.321. The van der Waals surface area contributed by atoms with Gasteiger partial charge in [0.05, 0.1) is 21.3 Å². The molecule has 0 spiro atoms. The molecule has 0 aliphatic rings. The number of nitrogens with zero attached hydrogens (tertiary/aromatic N) is 1. The number of esters is 1. The van der Waals surface area contributed by atoms with Crippen LogP contribution < -0.4 is 14.8 Å². The minimum Gasteiger partial charge on any atom is -0.497 e. The predicted molar refractivity (Wildman–Crippen MR) is 103 cm³/mol. The number of carbonyl (C=O) groups is 2. The molecule has 0 saturated carbocycles. The quantitative estimate of drug-likeness (QED) is 0.630. The minimum atomic E-state index is -0.469. The second kappa shape index (κ2) is 8.13. The van der Waals surface area contributed by atoms with Gasteiger partial charge >= 0.3 is 5.97 Å². The summed E-state index contributed by atoms with van der Waals surface area (Å²) in [7, 11) is 4.47. The van der Waals surface area contributed by atoms with Gasteiger partial charge in [0, 0.05) is 23.6 Å². The molecule has 8 heteroatoms. The van der Waals surface area contributed by atoms with Crippen LogP contribution in [-0.4, -0.2) is 37.8 Å². The molecule has 2 heterocycles. The zero-order chi connectivity index (χ0) is 19.4. The Bertz CT molecular complexity index is 976. The Morgan fingerprint density at radius 1 is 1.11 bits per heavy atom. The van der Waals surface area contributed by atoms with Gasteiger partial charge in [-0.3, -0.25) is 4.79 Å². The minimum absolute atomic E-state index is 0.0208. The van der Waals surface area contributed by atoms with E-state index in [1.54, 1.807) is 37.0 Å². The summed E-state index contributed by atoms with van der Waals surface area (Å²) in [6.07, 6.45) is 0. The largest absolute Gasteiger partial charge is 0.497 e. The van der Waals surface area contributed by atoms with Crippen LogP contribution in [-0.2, 0) is 22.6 Å². The molecule has 0 saturated heterocycles. The first-order valence-corrected chi connectivity index (χ1v) is 9.08. The molecule has 0 atom stereocenters. The normalized spacial score (nSPS) is 10.6. The average Bonchev–Trinajstić information content (AvgIpc) is 3.28. The van der Waals surface area contributed by atoms with Gasteiger partial charge in [0.15, 0.2) is 0 Å². The molecule has 1 aromatic carbocycles. The highest BCUT2D eigenvalue weighted by Crippen LogP contribution is 2.26. The van der Waals surface area contributed by atoms with Gasteiger partial charge < -0.3 is 24.1 Å². The molecule has 0 bridgehead atoms. The van der Waals surface area contributed by atoms with E-state index in [0.717, 1.165) is 15.8 Å². The maximum atomic E-state index is 12.5. The fraction of sp³-hybridized carbons (Fsp3) is 0.263. The summed E-state index contributed by atoms with van der Waals surface area (Å²) in [5.41, 5.74) is 1.19. The van der Waals surface area contributed by atoms with Crippen LogP contribution >= 0.6 is 11.3 Å². The van der Waals surface area contributed by atoms with Crippen LogP contribution in [0.25, 0.3) is 10.2 Å². The van der Waals surface area contributed by atoms with Gasteiger partial charge in [0.2, 0.25) is 5.91 Å². The van der Waals surface area contributed by atoms with E-state index in [1.165, 1.54) is 18.4 Å². The molecule has 2 aromatic heterocycles. The van der Waals surface area contributed by atoms with Crippen molar-refractivity contribution in [2.45, 2.75) is 13.1 Å². The summed E-state index contributed by atoms with van der Waals surface area (Å²) in [6, 6.07) is 9.05. The van der Waals surface area contributed by atoms with Gasteiger partial charge in [-0.15, -0.1) is 11.3 Å². The molecule has 0 unspecified atom stereocenters. The van der Waals surface area contributed by atoms with E-state index in [4.69, 9.17) is 14.2 Å². The van der Waals surface area contributed by atoms with Crippen LogP contribution in [0.2, 0.25) is 0 Å². The molecule has 7 nitrogen and oxygen atoms in total. The lowest BCUT2D eigenvalue weighted by atomic mass is 10.2. The SMILES string of the molecule is COC(=O)c1cc2ccsc2n1CC(=O)NCc1ccc(OC)cc1OC. The third-order valence-electron chi connectivity index (χ3n) is 4.17. The van der Waals surface area contributed by atoms with E-state index in [9.17, 15) is 9.59 Å². The maximum Gasteiger partial charge on any atom is 0.354 e. The fourth-order valence-corrected chi connectivity index (χ4v) is 3.69. The summed E-state index contributed by atoms with van der Waals surface area (Å²) in [5, 5.41) is 5.69. The molecule has 27 heavy (non-hydrogen) atoms. The van der Waals surface area contributed by atoms with Crippen molar-refractivity contribution in [2.75, 3.05) is 21.3 Å². The van der Waals surface area contributed by atoms with Crippen molar-refractivity contribution in [2.24, 2.45) is 0 Å². The Morgan fingerprint density at radius 3 is 2.63 bits per heavy atom.